The van der Waals surface area contributed by atoms with Crippen molar-refractivity contribution in [1.29, 1.82) is 0 Å². The fourth-order valence-electron chi connectivity index (χ4n) is 2.99. The second-order valence-corrected chi connectivity index (χ2v) is 5.68. The van der Waals surface area contributed by atoms with Gasteiger partial charge in [-0.15, -0.1) is 0 Å². The zero-order chi connectivity index (χ0) is 14.4. The summed E-state index contributed by atoms with van der Waals surface area (Å²) in [6, 6.07) is 7.72. The Morgan fingerprint density at radius 3 is 2.80 bits per heavy atom. The monoisotopic (exact) mass is 275 g/mol. The highest BCUT2D eigenvalue weighted by Gasteiger charge is 2.18. The fourth-order valence-corrected chi connectivity index (χ4v) is 2.99. The summed E-state index contributed by atoms with van der Waals surface area (Å²) in [6.45, 7) is 5.51. The molecule has 1 aromatic rings. The molecule has 4 heteroatoms. The van der Waals surface area contributed by atoms with Crippen molar-refractivity contribution in [1.82, 2.24) is 10.3 Å². The van der Waals surface area contributed by atoms with Crippen molar-refractivity contribution >= 4 is 5.91 Å². The van der Waals surface area contributed by atoms with Crippen LogP contribution in [0.15, 0.2) is 24.3 Å². The highest BCUT2D eigenvalue weighted by Crippen LogP contribution is 2.22. The summed E-state index contributed by atoms with van der Waals surface area (Å²) in [6.07, 6.45) is 5.26. The second-order valence-electron chi connectivity index (χ2n) is 5.68. The Hall–Kier alpha value is -1.39. The number of hydrazine groups is 1. The maximum Gasteiger partial charge on any atom is 0.265 e. The Labute approximate surface area is 121 Å². The van der Waals surface area contributed by atoms with Crippen LogP contribution >= 0.6 is 0 Å². The van der Waals surface area contributed by atoms with Gasteiger partial charge in [-0.25, -0.2) is 5.84 Å². The number of nitrogens with two attached hydrogens (primary N) is 1. The van der Waals surface area contributed by atoms with Crippen LogP contribution in [0.25, 0.3) is 0 Å². The minimum atomic E-state index is -0.228. The van der Waals surface area contributed by atoms with E-state index in [9.17, 15) is 4.79 Å². The lowest BCUT2D eigenvalue weighted by Gasteiger charge is -2.31. The van der Waals surface area contributed by atoms with Crippen LogP contribution in [0.5, 0.6) is 0 Å². The van der Waals surface area contributed by atoms with Crippen LogP contribution in [0.4, 0.5) is 0 Å². The molecule has 110 valence electrons. The quantitative estimate of drug-likeness (QED) is 0.492. The standard InChI is InChI=1S/C16H25N3O/c1-2-4-13-7-9-19(10-8-13)12-14-5-3-6-15(11-14)16(20)18-17/h3,5-6,11,13H,2,4,7-10,12,17H2,1H3,(H,18,20). The summed E-state index contributed by atoms with van der Waals surface area (Å²) in [5.41, 5.74) is 3.99. The molecule has 0 aromatic heterocycles. The average molecular weight is 275 g/mol. The van der Waals surface area contributed by atoms with E-state index >= 15 is 0 Å². The summed E-state index contributed by atoms with van der Waals surface area (Å²) in [5.74, 6) is 5.85. The molecule has 1 aliphatic heterocycles. The van der Waals surface area contributed by atoms with E-state index in [-0.39, 0.29) is 5.91 Å². The van der Waals surface area contributed by atoms with Crippen LogP contribution in [-0.4, -0.2) is 23.9 Å². The predicted molar refractivity (Wildman–Crippen MR) is 81.0 cm³/mol. The molecule has 0 saturated carbocycles. The Bertz CT molecular complexity index is 439. The van der Waals surface area contributed by atoms with E-state index in [1.165, 1.54) is 31.2 Å². The third-order valence-corrected chi connectivity index (χ3v) is 4.13. The second kappa shape index (κ2) is 7.41. The number of hydrogen-bond acceptors (Lipinski definition) is 3. The summed E-state index contributed by atoms with van der Waals surface area (Å²) in [4.78, 5) is 14.0. The topological polar surface area (TPSA) is 58.4 Å². The number of carbonyl (C=O) groups excluding carboxylic acids is 1. The molecule has 1 aliphatic rings. The van der Waals surface area contributed by atoms with Crippen LogP contribution in [0.2, 0.25) is 0 Å². The fraction of sp³-hybridized carbons (Fsp3) is 0.562. The van der Waals surface area contributed by atoms with Gasteiger partial charge in [0.1, 0.15) is 0 Å². The number of benzene rings is 1. The minimum Gasteiger partial charge on any atom is -0.299 e. The lowest BCUT2D eigenvalue weighted by atomic mass is 9.92. The van der Waals surface area contributed by atoms with E-state index in [0.29, 0.717) is 5.56 Å². The van der Waals surface area contributed by atoms with Gasteiger partial charge in [0.15, 0.2) is 0 Å². The molecule has 3 N–H and O–H groups in total. The molecular formula is C16H25N3O. The lowest BCUT2D eigenvalue weighted by Crippen LogP contribution is -2.33. The van der Waals surface area contributed by atoms with Crippen LogP contribution < -0.4 is 11.3 Å². The van der Waals surface area contributed by atoms with E-state index in [1.807, 2.05) is 12.1 Å². The van der Waals surface area contributed by atoms with Crippen LogP contribution in [0.3, 0.4) is 0 Å². The van der Waals surface area contributed by atoms with Gasteiger partial charge in [-0.05, 0) is 49.5 Å². The van der Waals surface area contributed by atoms with Gasteiger partial charge >= 0.3 is 0 Å². The molecule has 0 aliphatic carbocycles. The summed E-state index contributed by atoms with van der Waals surface area (Å²) in [5, 5.41) is 0. The van der Waals surface area contributed by atoms with Gasteiger partial charge in [0, 0.05) is 12.1 Å². The number of amides is 1. The van der Waals surface area contributed by atoms with Crippen molar-refractivity contribution in [3.05, 3.63) is 35.4 Å². The van der Waals surface area contributed by atoms with Crippen molar-refractivity contribution < 1.29 is 4.79 Å². The van der Waals surface area contributed by atoms with Gasteiger partial charge in [-0.3, -0.25) is 15.1 Å². The molecule has 1 saturated heterocycles. The first-order chi connectivity index (χ1) is 9.72. The summed E-state index contributed by atoms with van der Waals surface area (Å²) in [7, 11) is 0. The van der Waals surface area contributed by atoms with E-state index < -0.39 is 0 Å². The SMILES string of the molecule is CCCC1CCN(Cc2cccc(C(=O)NN)c2)CC1. The number of hydrogen-bond donors (Lipinski definition) is 2. The summed E-state index contributed by atoms with van der Waals surface area (Å²) >= 11 is 0. The molecule has 0 bridgehead atoms. The smallest absolute Gasteiger partial charge is 0.265 e. The average Bonchev–Trinajstić information content (AvgIpc) is 2.49. The number of rotatable bonds is 5. The number of piperidine rings is 1. The normalized spacial score (nSPS) is 17.1. The third-order valence-electron chi connectivity index (χ3n) is 4.13. The Balaban J connectivity index is 1.89. The van der Waals surface area contributed by atoms with Gasteiger partial charge in [-0.2, -0.15) is 0 Å². The molecule has 0 radical (unpaired) electrons. The van der Waals surface area contributed by atoms with Crippen molar-refractivity contribution in [2.24, 2.45) is 11.8 Å². The Kier molecular flexibility index (Phi) is 5.56. The van der Waals surface area contributed by atoms with Crippen molar-refractivity contribution in [2.45, 2.75) is 39.2 Å². The number of nitrogens with one attached hydrogen (secondary N) is 1. The maximum absolute atomic E-state index is 11.5. The molecule has 0 unspecified atom stereocenters. The number of nitrogens with zero attached hydrogens (tertiary/aromatic N) is 1. The van der Waals surface area contributed by atoms with E-state index in [1.54, 1.807) is 6.07 Å². The molecule has 1 amide bonds. The van der Waals surface area contributed by atoms with Crippen molar-refractivity contribution in [2.75, 3.05) is 13.1 Å². The molecule has 0 atom stereocenters. The van der Waals surface area contributed by atoms with Crippen LogP contribution in [0, 0.1) is 5.92 Å². The van der Waals surface area contributed by atoms with Gasteiger partial charge in [0.2, 0.25) is 0 Å². The van der Waals surface area contributed by atoms with E-state index in [2.05, 4.69) is 23.3 Å². The zero-order valence-corrected chi connectivity index (χ0v) is 12.3. The maximum atomic E-state index is 11.5. The molecule has 0 spiro atoms. The van der Waals surface area contributed by atoms with Gasteiger partial charge < -0.3 is 0 Å². The van der Waals surface area contributed by atoms with Gasteiger partial charge in [-0.1, -0.05) is 31.9 Å². The first-order valence-electron chi connectivity index (χ1n) is 7.55. The largest absolute Gasteiger partial charge is 0.299 e. The zero-order valence-electron chi connectivity index (χ0n) is 12.3. The molecule has 4 nitrogen and oxygen atoms in total. The highest BCUT2D eigenvalue weighted by molar-refractivity contribution is 5.93. The third kappa shape index (κ3) is 4.05. The lowest BCUT2D eigenvalue weighted by molar-refractivity contribution is 0.0953. The number of nitrogen functional groups attached to an aromatic ring is 1. The predicted octanol–water partition coefficient (Wildman–Crippen LogP) is 2.30. The number of carbonyl (C=O) groups is 1. The Morgan fingerprint density at radius 2 is 2.15 bits per heavy atom. The molecule has 20 heavy (non-hydrogen) atoms. The van der Waals surface area contributed by atoms with Crippen molar-refractivity contribution in [3.8, 4) is 0 Å². The molecule has 2 rings (SSSR count). The minimum absolute atomic E-state index is 0.228. The van der Waals surface area contributed by atoms with E-state index in [4.69, 9.17) is 5.84 Å². The van der Waals surface area contributed by atoms with Crippen LogP contribution in [-0.2, 0) is 6.54 Å². The molecule has 1 aromatic carbocycles. The molecule has 1 fully saturated rings. The Morgan fingerprint density at radius 1 is 1.40 bits per heavy atom. The van der Waals surface area contributed by atoms with Crippen molar-refractivity contribution in [3.63, 3.8) is 0 Å². The first kappa shape index (κ1) is 15.0. The van der Waals surface area contributed by atoms with Gasteiger partial charge in [0.05, 0.1) is 0 Å². The highest BCUT2D eigenvalue weighted by atomic mass is 16.2. The molecular weight excluding hydrogens is 250 g/mol. The first-order valence-corrected chi connectivity index (χ1v) is 7.55. The van der Waals surface area contributed by atoms with E-state index in [0.717, 1.165) is 25.6 Å². The van der Waals surface area contributed by atoms with Crippen LogP contribution in [0.1, 0.15) is 48.5 Å². The van der Waals surface area contributed by atoms with Gasteiger partial charge in [0.25, 0.3) is 5.91 Å². The number of likely N-dealkylation sites (tertiary alicyclic amines) is 1. The summed E-state index contributed by atoms with van der Waals surface area (Å²) < 4.78 is 0. The molecule has 1 heterocycles.